The molecule has 0 aromatic heterocycles. The Hall–Kier alpha value is -2.88. The van der Waals surface area contributed by atoms with Gasteiger partial charge in [0, 0.05) is 18.4 Å². The van der Waals surface area contributed by atoms with Gasteiger partial charge in [-0.2, -0.15) is 0 Å². The van der Waals surface area contributed by atoms with Crippen LogP contribution in [0.2, 0.25) is 5.04 Å². The van der Waals surface area contributed by atoms with Crippen LogP contribution in [0.1, 0.15) is 101 Å². The second kappa shape index (κ2) is 15.8. The van der Waals surface area contributed by atoms with E-state index in [0.29, 0.717) is 30.6 Å². The fraction of sp³-hybridized carbons (Fsp3) is 0.600. The number of benzene rings is 2. The molecule has 2 aromatic carbocycles. The zero-order valence-electron chi connectivity index (χ0n) is 30.4. The Bertz CT molecular complexity index is 1300. The predicted molar refractivity (Wildman–Crippen MR) is 194 cm³/mol. The summed E-state index contributed by atoms with van der Waals surface area (Å²) in [6, 6.07) is 21.4. The van der Waals surface area contributed by atoms with Crippen LogP contribution < -0.4 is 10.4 Å². The molecule has 252 valence electrons. The van der Waals surface area contributed by atoms with Crippen LogP contribution in [0.4, 0.5) is 0 Å². The molecule has 2 aromatic rings. The van der Waals surface area contributed by atoms with Crippen LogP contribution >= 0.6 is 0 Å². The van der Waals surface area contributed by atoms with E-state index in [4.69, 9.17) is 14.0 Å². The average Bonchev–Trinajstić information content (AvgIpc) is 2.92. The summed E-state index contributed by atoms with van der Waals surface area (Å²) in [5.74, 6) is 8.13. The molecule has 46 heavy (non-hydrogen) atoms. The fourth-order valence-electron chi connectivity index (χ4n) is 6.83. The van der Waals surface area contributed by atoms with Gasteiger partial charge in [-0.05, 0) is 85.0 Å². The molecule has 6 heteroatoms. The van der Waals surface area contributed by atoms with Crippen molar-refractivity contribution in [3.05, 3.63) is 60.7 Å². The second-order valence-electron chi connectivity index (χ2n) is 16.4. The molecule has 0 bridgehead atoms. The van der Waals surface area contributed by atoms with Crippen LogP contribution in [0.5, 0.6) is 0 Å². The summed E-state index contributed by atoms with van der Waals surface area (Å²) in [7, 11) is -1.19. The number of hydrogen-bond donors (Lipinski definition) is 0. The third-order valence-corrected chi connectivity index (χ3v) is 13.7. The Morgan fingerprint density at radius 1 is 0.913 bits per heavy atom. The molecule has 0 spiro atoms. The monoisotopic (exact) mass is 645 g/mol. The summed E-state index contributed by atoms with van der Waals surface area (Å²) in [4.78, 5) is 18.6. The van der Waals surface area contributed by atoms with Crippen LogP contribution in [0.15, 0.2) is 65.8 Å². The highest BCUT2D eigenvalue weighted by molar-refractivity contribution is 6.99. The number of oxime groups is 1. The van der Waals surface area contributed by atoms with Crippen molar-refractivity contribution in [2.75, 3.05) is 13.7 Å². The van der Waals surface area contributed by atoms with Gasteiger partial charge in [-0.15, -0.1) is 0 Å². The van der Waals surface area contributed by atoms with Gasteiger partial charge in [-0.25, -0.2) is 0 Å². The molecule has 3 rings (SSSR count). The standard InChI is InChI=1S/C40H59NO4Si/c1-30(2)24-32-25-31(26-32)22-23-36(41-43-11)33(27-37(42)45-38(3,4)5)28-40(9,10)29-44-46(39(6,7)8,34-18-14-12-15-19-34)35-20-16-13-17-21-35/h12-21,30-33H,24-29H2,1-11H3. The average molecular weight is 646 g/mol. The molecule has 0 saturated heterocycles. The van der Waals surface area contributed by atoms with Gasteiger partial charge in [0.05, 0.1) is 6.42 Å². The second-order valence-corrected chi connectivity index (χ2v) is 20.7. The van der Waals surface area contributed by atoms with Crippen LogP contribution in [0, 0.1) is 40.9 Å². The first-order chi connectivity index (χ1) is 21.5. The summed E-state index contributed by atoms with van der Waals surface area (Å²) in [6.07, 6.45) is 4.32. The molecule has 1 unspecified atom stereocenters. The van der Waals surface area contributed by atoms with E-state index in [1.54, 1.807) is 7.11 Å². The largest absolute Gasteiger partial charge is 0.460 e. The highest BCUT2D eigenvalue weighted by Gasteiger charge is 2.51. The Labute approximate surface area is 281 Å². The van der Waals surface area contributed by atoms with Crippen LogP contribution in [0.3, 0.4) is 0 Å². The third kappa shape index (κ3) is 10.6. The predicted octanol–water partition coefficient (Wildman–Crippen LogP) is 8.41. The maximum atomic E-state index is 13.2. The Kier molecular flexibility index (Phi) is 12.9. The van der Waals surface area contributed by atoms with Gasteiger partial charge in [-0.1, -0.05) is 120 Å². The summed E-state index contributed by atoms with van der Waals surface area (Å²) >= 11 is 0. The molecule has 1 saturated carbocycles. The Morgan fingerprint density at radius 3 is 1.91 bits per heavy atom. The van der Waals surface area contributed by atoms with Crippen molar-refractivity contribution in [3.8, 4) is 11.8 Å². The van der Waals surface area contributed by atoms with Crippen LogP contribution in [0.25, 0.3) is 0 Å². The highest BCUT2D eigenvalue weighted by atomic mass is 28.4. The number of carbonyl (C=O) groups is 1. The molecule has 0 N–H and O–H groups in total. The molecule has 1 atom stereocenters. The Morgan fingerprint density at radius 2 is 1.46 bits per heavy atom. The molecule has 0 aliphatic heterocycles. The van der Waals surface area contributed by atoms with E-state index in [-0.39, 0.29) is 28.8 Å². The van der Waals surface area contributed by atoms with E-state index < -0.39 is 13.9 Å². The first-order valence-electron chi connectivity index (χ1n) is 17.0. The van der Waals surface area contributed by atoms with Crippen molar-refractivity contribution < 1.29 is 18.8 Å². The van der Waals surface area contributed by atoms with Gasteiger partial charge < -0.3 is 14.0 Å². The van der Waals surface area contributed by atoms with Crippen molar-refractivity contribution in [1.82, 2.24) is 0 Å². The van der Waals surface area contributed by atoms with Gasteiger partial charge in [0.1, 0.15) is 18.4 Å². The lowest BCUT2D eigenvalue weighted by atomic mass is 9.71. The minimum absolute atomic E-state index is 0.133. The van der Waals surface area contributed by atoms with E-state index in [9.17, 15) is 4.79 Å². The number of nitrogens with zero attached hydrogens (tertiary/aromatic N) is 1. The molecular weight excluding hydrogens is 587 g/mol. The zero-order valence-corrected chi connectivity index (χ0v) is 31.4. The highest BCUT2D eigenvalue weighted by Crippen LogP contribution is 2.40. The van der Waals surface area contributed by atoms with Crippen molar-refractivity contribution in [2.24, 2.45) is 34.2 Å². The van der Waals surface area contributed by atoms with Gasteiger partial charge in [-0.3, -0.25) is 4.79 Å². The lowest BCUT2D eigenvalue weighted by molar-refractivity contribution is -0.155. The number of ether oxygens (including phenoxy) is 1. The van der Waals surface area contributed by atoms with Crippen molar-refractivity contribution in [1.29, 1.82) is 0 Å². The number of hydrogen-bond acceptors (Lipinski definition) is 5. The molecule has 0 heterocycles. The molecule has 0 amide bonds. The van der Waals surface area contributed by atoms with E-state index in [2.05, 4.69) is 126 Å². The Balaban J connectivity index is 1.93. The molecule has 1 fully saturated rings. The van der Waals surface area contributed by atoms with Crippen molar-refractivity contribution in [3.63, 3.8) is 0 Å². The SMILES string of the molecule is CON=C(C#CC1CC(CC(C)C)C1)C(CC(=O)OC(C)(C)C)CC(C)(C)CO[Si](c1ccccc1)(c1ccccc1)C(C)(C)C. The first-order valence-corrected chi connectivity index (χ1v) is 19.0. The summed E-state index contributed by atoms with van der Waals surface area (Å²) < 4.78 is 13.1. The van der Waals surface area contributed by atoms with Gasteiger partial charge in [0.25, 0.3) is 8.32 Å². The maximum Gasteiger partial charge on any atom is 0.307 e. The van der Waals surface area contributed by atoms with Gasteiger partial charge in [0.2, 0.25) is 0 Å². The summed E-state index contributed by atoms with van der Waals surface area (Å²) in [6.45, 7) is 22.1. The zero-order chi connectivity index (χ0) is 34.2. The van der Waals surface area contributed by atoms with E-state index in [1.807, 2.05) is 20.8 Å². The molecule has 1 aliphatic carbocycles. The van der Waals surface area contributed by atoms with E-state index in [0.717, 1.165) is 18.8 Å². The normalized spacial score (nSPS) is 18.3. The minimum Gasteiger partial charge on any atom is -0.460 e. The number of carbonyl (C=O) groups excluding carboxylic acids is 1. The molecule has 1 aliphatic rings. The van der Waals surface area contributed by atoms with Gasteiger partial charge in [0.15, 0.2) is 0 Å². The number of esters is 1. The number of rotatable bonds is 13. The first kappa shape index (κ1) is 37.6. The molecule has 5 nitrogen and oxygen atoms in total. The third-order valence-electron chi connectivity index (χ3n) is 8.75. The smallest absolute Gasteiger partial charge is 0.307 e. The fourth-order valence-corrected chi connectivity index (χ4v) is 11.6. The van der Waals surface area contributed by atoms with Crippen LogP contribution in [-0.4, -0.2) is 39.3 Å². The van der Waals surface area contributed by atoms with Crippen molar-refractivity contribution >= 4 is 30.4 Å². The summed E-state index contributed by atoms with van der Waals surface area (Å²) in [5.41, 5.74) is -0.279. The van der Waals surface area contributed by atoms with Crippen molar-refractivity contribution in [2.45, 2.75) is 112 Å². The van der Waals surface area contributed by atoms with E-state index >= 15 is 0 Å². The maximum absolute atomic E-state index is 13.2. The van der Waals surface area contributed by atoms with Crippen LogP contribution in [-0.2, 0) is 18.8 Å². The van der Waals surface area contributed by atoms with E-state index in [1.165, 1.54) is 16.8 Å². The van der Waals surface area contributed by atoms with Gasteiger partial charge >= 0.3 is 5.97 Å². The molecular formula is C40H59NO4Si. The summed E-state index contributed by atoms with van der Waals surface area (Å²) in [5, 5.41) is 6.77. The quantitative estimate of drug-likeness (QED) is 0.0722. The molecule has 0 radical (unpaired) electrons. The topological polar surface area (TPSA) is 57.1 Å². The minimum atomic E-state index is -2.74. The lowest BCUT2D eigenvalue weighted by Gasteiger charge is -2.45. The lowest BCUT2D eigenvalue weighted by Crippen LogP contribution is -2.67.